The number of hydrogen-bond acceptors (Lipinski definition) is 4. The van der Waals surface area contributed by atoms with Crippen molar-refractivity contribution in [3.63, 3.8) is 0 Å². The largest absolute Gasteiger partial charge is 0.494 e. The Morgan fingerprint density at radius 3 is 2.57 bits per heavy atom. The topological polar surface area (TPSA) is 85.6 Å². The van der Waals surface area contributed by atoms with Crippen LogP contribution >= 0.6 is 0 Å². The first-order valence-corrected chi connectivity index (χ1v) is 7.03. The molecule has 0 aliphatic carbocycles. The summed E-state index contributed by atoms with van der Waals surface area (Å²) in [6, 6.07) is 15.5. The molecular formula is C14H13N3O3S. The van der Waals surface area contributed by atoms with Crippen LogP contribution in [0, 0.1) is 11.3 Å². The molecule has 1 atom stereocenters. The summed E-state index contributed by atoms with van der Waals surface area (Å²) in [6.07, 6.45) is 0. The lowest BCUT2D eigenvalue weighted by atomic mass is 10.2. The lowest BCUT2D eigenvalue weighted by Crippen LogP contribution is -2.31. The van der Waals surface area contributed by atoms with Crippen molar-refractivity contribution in [2.75, 3.05) is 16.9 Å². The summed E-state index contributed by atoms with van der Waals surface area (Å²) in [7, 11) is 1.46. The molecule has 7 heteroatoms. The molecule has 6 nitrogen and oxygen atoms in total. The van der Waals surface area contributed by atoms with Crippen LogP contribution in [-0.2, 0) is 11.3 Å². The lowest BCUT2D eigenvalue weighted by molar-refractivity contribution is 0.416. The minimum absolute atomic E-state index is 0.403. The molecule has 0 aromatic heterocycles. The number of anilines is 2. The Labute approximate surface area is 125 Å². The Kier molecular flexibility index (Phi) is 4.77. The van der Waals surface area contributed by atoms with E-state index in [4.69, 9.17) is 10.00 Å². The van der Waals surface area contributed by atoms with Crippen LogP contribution in [0.15, 0.2) is 48.5 Å². The summed E-state index contributed by atoms with van der Waals surface area (Å²) in [4.78, 5) is 0. The normalized spacial score (nSPS) is 11.3. The van der Waals surface area contributed by atoms with Gasteiger partial charge in [-0.2, -0.15) is 9.68 Å². The van der Waals surface area contributed by atoms with Crippen molar-refractivity contribution in [1.29, 1.82) is 5.26 Å². The molecule has 21 heavy (non-hydrogen) atoms. The summed E-state index contributed by atoms with van der Waals surface area (Å²) in [5, 5.41) is 8.87. The fraction of sp³-hybridized carbons (Fsp3) is 0.0714. The lowest BCUT2D eigenvalue weighted by Gasteiger charge is -2.22. The number of hydrazine groups is 1. The van der Waals surface area contributed by atoms with E-state index in [0.717, 1.165) is 4.41 Å². The van der Waals surface area contributed by atoms with Crippen molar-refractivity contribution < 1.29 is 13.5 Å². The number of nitriles is 1. The van der Waals surface area contributed by atoms with Crippen molar-refractivity contribution in [3.05, 3.63) is 54.1 Å². The molecule has 1 unspecified atom stereocenters. The van der Waals surface area contributed by atoms with Crippen LogP contribution in [-0.4, -0.2) is 15.9 Å². The summed E-state index contributed by atoms with van der Waals surface area (Å²) < 4.78 is 27.2. The minimum Gasteiger partial charge on any atom is -0.494 e. The first kappa shape index (κ1) is 14.8. The molecule has 0 saturated carbocycles. The van der Waals surface area contributed by atoms with Gasteiger partial charge in [-0.15, -0.1) is 0 Å². The van der Waals surface area contributed by atoms with Crippen LogP contribution in [0.1, 0.15) is 5.56 Å². The minimum atomic E-state index is -2.27. The molecule has 2 aromatic rings. The molecule has 0 amide bonds. The van der Waals surface area contributed by atoms with Gasteiger partial charge in [0.15, 0.2) is 0 Å². The van der Waals surface area contributed by atoms with Crippen molar-refractivity contribution in [2.45, 2.75) is 0 Å². The van der Waals surface area contributed by atoms with Gasteiger partial charge in [0.1, 0.15) is 5.75 Å². The first-order valence-electron chi connectivity index (χ1n) is 5.96. The van der Waals surface area contributed by atoms with E-state index in [9.17, 15) is 8.76 Å². The molecule has 0 fully saturated rings. The van der Waals surface area contributed by atoms with Gasteiger partial charge in [0.2, 0.25) is 0 Å². The van der Waals surface area contributed by atoms with Gasteiger partial charge in [-0.1, -0.05) is 18.2 Å². The molecule has 2 N–H and O–H groups in total. The summed E-state index contributed by atoms with van der Waals surface area (Å²) in [6.45, 7) is 0. The standard InChI is InChI=1S/C14H13N3O3S/c1-20-14-9-11(10-15)7-8-13(14)16-17(21(18)19)12-5-3-2-4-6-12/h2-9,16H,1H3,(H,18,19). The van der Waals surface area contributed by atoms with E-state index >= 15 is 0 Å². The van der Waals surface area contributed by atoms with Crippen LogP contribution in [0.25, 0.3) is 0 Å². The Balaban J connectivity index is 2.34. The van der Waals surface area contributed by atoms with Crippen LogP contribution in [0.3, 0.4) is 0 Å². The third-order valence-corrected chi connectivity index (χ3v) is 3.31. The van der Waals surface area contributed by atoms with Gasteiger partial charge >= 0.3 is 0 Å². The molecule has 0 aliphatic rings. The summed E-state index contributed by atoms with van der Waals surface area (Å²) >= 11 is -2.27. The number of hydrogen-bond donors (Lipinski definition) is 2. The van der Waals surface area contributed by atoms with Crippen LogP contribution in [0.4, 0.5) is 11.4 Å². The van der Waals surface area contributed by atoms with Crippen molar-refractivity contribution in [1.82, 2.24) is 0 Å². The summed E-state index contributed by atoms with van der Waals surface area (Å²) in [5.41, 5.74) is 4.25. The maximum Gasteiger partial charge on any atom is 0.281 e. The highest BCUT2D eigenvalue weighted by Gasteiger charge is 2.14. The van der Waals surface area contributed by atoms with Crippen LogP contribution < -0.4 is 14.6 Å². The predicted octanol–water partition coefficient (Wildman–Crippen LogP) is 2.54. The Bertz CT molecular complexity index is 686. The van der Waals surface area contributed by atoms with Gasteiger partial charge in [-0.3, -0.25) is 9.98 Å². The first-order chi connectivity index (χ1) is 10.2. The zero-order valence-electron chi connectivity index (χ0n) is 11.2. The Hall–Kier alpha value is -2.56. The SMILES string of the molecule is COc1cc(C#N)ccc1NN(c1ccccc1)S(=O)O. The molecule has 0 bridgehead atoms. The molecular weight excluding hydrogens is 290 g/mol. The molecule has 0 radical (unpaired) electrons. The Morgan fingerprint density at radius 1 is 1.29 bits per heavy atom. The van der Waals surface area contributed by atoms with E-state index in [1.807, 2.05) is 12.1 Å². The van der Waals surface area contributed by atoms with Gasteiger partial charge in [0.25, 0.3) is 11.3 Å². The smallest absolute Gasteiger partial charge is 0.281 e. The van der Waals surface area contributed by atoms with Gasteiger partial charge in [0.05, 0.1) is 30.1 Å². The highest BCUT2D eigenvalue weighted by Crippen LogP contribution is 2.27. The van der Waals surface area contributed by atoms with Crippen LogP contribution in [0.5, 0.6) is 5.75 Å². The second-order valence-electron chi connectivity index (χ2n) is 4.00. The van der Waals surface area contributed by atoms with E-state index in [2.05, 4.69) is 5.43 Å². The third kappa shape index (κ3) is 3.51. The number of ether oxygens (including phenoxy) is 1. The van der Waals surface area contributed by atoms with Gasteiger partial charge < -0.3 is 4.74 Å². The third-order valence-electron chi connectivity index (χ3n) is 2.70. The summed E-state index contributed by atoms with van der Waals surface area (Å²) in [5.74, 6) is 0.403. The number of rotatable bonds is 5. The fourth-order valence-corrected chi connectivity index (χ4v) is 2.20. The maximum absolute atomic E-state index is 11.5. The average Bonchev–Trinajstić information content (AvgIpc) is 2.53. The number of nitrogens with zero attached hydrogens (tertiary/aromatic N) is 2. The van der Waals surface area contributed by atoms with Crippen molar-refractivity contribution >= 4 is 22.6 Å². The average molecular weight is 303 g/mol. The predicted molar refractivity (Wildman–Crippen MR) is 81.0 cm³/mol. The number of para-hydroxylation sites is 1. The Morgan fingerprint density at radius 2 is 2.00 bits per heavy atom. The zero-order valence-corrected chi connectivity index (χ0v) is 12.0. The number of nitrogens with one attached hydrogen (secondary N) is 1. The van der Waals surface area contributed by atoms with E-state index in [1.54, 1.807) is 42.5 Å². The number of benzene rings is 2. The van der Waals surface area contributed by atoms with Gasteiger partial charge in [-0.25, -0.2) is 4.21 Å². The van der Waals surface area contributed by atoms with Gasteiger partial charge in [0, 0.05) is 6.07 Å². The van der Waals surface area contributed by atoms with Crippen molar-refractivity contribution in [2.24, 2.45) is 0 Å². The quantitative estimate of drug-likeness (QED) is 0.655. The zero-order chi connectivity index (χ0) is 15.2. The fourth-order valence-electron chi connectivity index (χ4n) is 1.72. The van der Waals surface area contributed by atoms with Crippen LogP contribution in [0.2, 0.25) is 0 Å². The van der Waals surface area contributed by atoms with E-state index in [0.29, 0.717) is 22.7 Å². The molecule has 0 saturated heterocycles. The molecule has 0 spiro atoms. The highest BCUT2D eigenvalue weighted by molar-refractivity contribution is 7.80. The maximum atomic E-state index is 11.5. The van der Waals surface area contributed by atoms with E-state index in [1.165, 1.54) is 7.11 Å². The molecule has 108 valence electrons. The highest BCUT2D eigenvalue weighted by atomic mass is 32.2. The molecule has 2 rings (SSSR count). The second-order valence-corrected chi connectivity index (χ2v) is 4.83. The van der Waals surface area contributed by atoms with Gasteiger partial charge in [-0.05, 0) is 24.3 Å². The molecule has 0 heterocycles. The van der Waals surface area contributed by atoms with E-state index in [-0.39, 0.29) is 0 Å². The monoisotopic (exact) mass is 303 g/mol. The molecule has 2 aromatic carbocycles. The molecule has 0 aliphatic heterocycles. The van der Waals surface area contributed by atoms with E-state index < -0.39 is 11.3 Å². The number of methoxy groups -OCH3 is 1. The van der Waals surface area contributed by atoms with Crippen molar-refractivity contribution in [3.8, 4) is 11.8 Å². The second kappa shape index (κ2) is 6.74.